The van der Waals surface area contributed by atoms with E-state index in [1.54, 1.807) is 6.07 Å². The van der Waals surface area contributed by atoms with E-state index in [2.05, 4.69) is 0 Å². The van der Waals surface area contributed by atoms with Crippen molar-refractivity contribution in [3.63, 3.8) is 0 Å². The molecule has 20 heavy (non-hydrogen) atoms. The second-order valence-corrected chi connectivity index (χ2v) is 5.98. The highest BCUT2D eigenvalue weighted by atomic mass is 32.2. The van der Waals surface area contributed by atoms with Gasteiger partial charge in [-0.15, -0.1) is 0 Å². The van der Waals surface area contributed by atoms with E-state index < -0.39 is 14.8 Å². The largest absolute Gasteiger partial charge is 0.472 e. The van der Waals surface area contributed by atoms with Crippen molar-refractivity contribution < 1.29 is 17.8 Å². The average Bonchev–Trinajstić information content (AvgIpc) is 2.90. The molecule has 0 amide bonds. The lowest BCUT2D eigenvalue weighted by Gasteiger charge is -1.99. The van der Waals surface area contributed by atoms with Crippen LogP contribution >= 0.6 is 0 Å². The van der Waals surface area contributed by atoms with Gasteiger partial charge in [0.2, 0.25) is 0 Å². The van der Waals surface area contributed by atoms with Crippen LogP contribution < -0.4 is 0 Å². The van der Waals surface area contributed by atoms with E-state index in [4.69, 9.17) is 4.42 Å². The molecule has 0 radical (unpaired) electrons. The maximum Gasteiger partial charge on any atom is 0.269 e. The van der Waals surface area contributed by atoms with Crippen LogP contribution in [0.4, 0.5) is 5.69 Å². The zero-order valence-electron chi connectivity index (χ0n) is 10.3. The van der Waals surface area contributed by atoms with Gasteiger partial charge in [-0.1, -0.05) is 12.1 Å². The highest BCUT2D eigenvalue weighted by molar-refractivity contribution is 7.93. The third-order valence-corrected chi connectivity index (χ3v) is 3.81. The lowest BCUT2D eigenvalue weighted by molar-refractivity contribution is -0.384. The maximum atomic E-state index is 11.9. The van der Waals surface area contributed by atoms with E-state index in [1.165, 1.54) is 42.9 Å². The van der Waals surface area contributed by atoms with Crippen LogP contribution in [-0.2, 0) is 15.6 Å². The van der Waals surface area contributed by atoms with Crippen LogP contribution in [0, 0.1) is 10.1 Å². The first kappa shape index (κ1) is 14.0. The van der Waals surface area contributed by atoms with Gasteiger partial charge in [0.15, 0.2) is 9.84 Å². The van der Waals surface area contributed by atoms with E-state index in [-0.39, 0.29) is 11.4 Å². The van der Waals surface area contributed by atoms with Gasteiger partial charge in [-0.3, -0.25) is 10.1 Å². The number of non-ortho nitro benzene ring substituents is 1. The smallest absolute Gasteiger partial charge is 0.269 e. The number of nitro benzene ring substituents is 1. The minimum Gasteiger partial charge on any atom is -0.472 e. The minimum atomic E-state index is -3.44. The number of nitro groups is 1. The Morgan fingerprint density at radius 1 is 1.20 bits per heavy atom. The van der Waals surface area contributed by atoms with Gasteiger partial charge < -0.3 is 4.42 Å². The fraction of sp³-hybridized carbons (Fsp3) is 0.0769. The molecule has 0 N–H and O–H groups in total. The van der Waals surface area contributed by atoms with Crippen molar-refractivity contribution in [1.29, 1.82) is 0 Å². The summed E-state index contributed by atoms with van der Waals surface area (Å²) < 4.78 is 28.5. The topological polar surface area (TPSA) is 90.4 Å². The molecule has 6 nitrogen and oxygen atoms in total. The Balaban J connectivity index is 2.10. The van der Waals surface area contributed by atoms with E-state index in [9.17, 15) is 18.5 Å². The number of nitrogens with zero attached hydrogens (tertiary/aromatic N) is 1. The van der Waals surface area contributed by atoms with Crippen molar-refractivity contribution in [1.82, 2.24) is 0 Å². The zero-order chi connectivity index (χ0) is 14.6. The number of hydrogen-bond acceptors (Lipinski definition) is 5. The van der Waals surface area contributed by atoms with Crippen molar-refractivity contribution in [3.05, 3.63) is 69.5 Å². The van der Waals surface area contributed by atoms with Crippen molar-refractivity contribution in [2.45, 2.75) is 5.75 Å². The summed E-state index contributed by atoms with van der Waals surface area (Å²) in [5.41, 5.74) is 1.07. The molecule has 0 fully saturated rings. The van der Waals surface area contributed by atoms with Crippen molar-refractivity contribution in [2.75, 3.05) is 0 Å². The average molecular weight is 293 g/mol. The second-order valence-electron chi connectivity index (χ2n) is 4.09. The van der Waals surface area contributed by atoms with E-state index in [1.807, 2.05) is 0 Å². The monoisotopic (exact) mass is 293 g/mol. The Morgan fingerprint density at radius 3 is 2.45 bits per heavy atom. The van der Waals surface area contributed by atoms with Gasteiger partial charge in [-0.25, -0.2) is 8.42 Å². The first-order valence-electron chi connectivity index (χ1n) is 5.63. The molecular formula is C13H11NO5S. The normalized spacial score (nSPS) is 11.8. The number of rotatable bonds is 5. The quantitative estimate of drug-likeness (QED) is 0.624. The molecule has 7 heteroatoms. The Kier molecular flexibility index (Phi) is 3.99. The summed E-state index contributed by atoms with van der Waals surface area (Å²) in [4.78, 5) is 9.97. The van der Waals surface area contributed by atoms with Crippen LogP contribution in [0.2, 0.25) is 0 Å². The summed E-state index contributed by atoms with van der Waals surface area (Å²) in [6, 6.07) is 7.07. The molecule has 1 heterocycles. The second kappa shape index (κ2) is 5.70. The van der Waals surface area contributed by atoms with Gasteiger partial charge in [0.25, 0.3) is 5.69 Å². The molecular weight excluding hydrogens is 282 g/mol. The summed E-state index contributed by atoms with van der Waals surface area (Å²) in [6.45, 7) is 0. The molecule has 0 unspecified atom stereocenters. The first-order chi connectivity index (χ1) is 9.46. The van der Waals surface area contributed by atoms with Crippen LogP contribution in [0.15, 0.2) is 52.7 Å². The molecule has 0 bridgehead atoms. The van der Waals surface area contributed by atoms with Crippen molar-refractivity contribution >= 4 is 21.6 Å². The molecule has 0 saturated heterocycles. The van der Waals surface area contributed by atoms with Crippen molar-refractivity contribution in [2.24, 2.45) is 0 Å². The van der Waals surface area contributed by atoms with Crippen LogP contribution in [0.3, 0.4) is 0 Å². The summed E-state index contributed by atoms with van der Waals surface area (Å²) in [5.74, 6) is -0.209. The predicted octanol–water partition coefficient (Wildman–Crippen LogP) is 2.77. The van der Waals surface area contributed by atoms with Crippen LogP contribution in [0.1, 0.15) is 11.1 Å². The van der Waals surface area contributed by atoms with Crippen molar-refractivity contribution in [3.8, 4) is 0 Å². The highest BCUT2D eigenvalue weighted by Gasteiger charge is 2.10. The Morgan fingerprint density at radius 2 is 1.90 bits per heavy atom. The van der Waals surface area contributed by atoms with Gasteiger partial charge in [-0.05, 0) is 17.7 Å². The SMILES string of the molecule is O=[N+]([O-])c1ccc(CS(=O)(=O)C=Cc2ccoc2)cc1. The molecule has 1 aromatic carbocycles. The zero-order valence-corrected chi connectivity index (χ0v) is 11.1. The Labute approximate surface area is 115 Å². The number of hydrogen-bond donors (Lipinski definition) is 0. The summed E-state index contributed by atoms with van der Waals surface area (Å²) in [5, 5.41) is 11.6. The molecule has 0 atom stereocenters. The van der Waals surface area contributed by atoms with E-state index >= 15 is 0 Å². The molecule has 0 aliphatic heterocycles. The number of sulfone groups is 1. The molecule has 0 saturated carbocycles. The standard InChI is InChI=1S/C13H11NO5S/c15-14(16)13-3-1-12(2-4-13)10-20(17,18)8-6-11-5-7-19-9-11/h1-9H,10H2. The molecule has 1 aromatic heterocycles. The summed E-state index contributed by atoms with van der Waals surface area (Å²) in [6.07, 6.45) is 4.31. The third-order valence-electron chi connectivity index (χ3n) is 2.53. The van der Waals surface area contributed by atoms with E-state index in [0.717, 1.165) is 5.41 Å². The lowest BCUT2D eigenvalue weighted by atomic mass is 10.2. The number of furan rings is 1. The van der Waals surface area contributed by atoms with Gasteiger partial charge in [0, 0.05) is 23.1 Å². The molecule has 2 rings (SSSR count). The molecule has 0 aliphatic rings. The predicted molar refractivity (Wildman–Crippen MR) is 73.5 cm³/mol. The fourth-order valence-electron chi connectivity index (χ4n) is 1.55. The van der Waals surface area contributed by atoms with E-state index in [0.29, 0.717) is 11.1 Å². The fourth-order valence-corrected chi connectivity index (χ4v) is 2.66. The first-order valence-corrected chi connectivity index (χ1v) is 7.34. The minimum absolute atomic E-state index is 0.0694. The summed E-state index contributed by atoms with van der Waals surface area (Å²) >= 11 is 0. The van der Waals surface area contributed by atoms with Crippen LogP contribution in [0.25, 0.3) is 6.08 Å². The highest BCUT2D eigenvalue weighted by Crippen LogP contribution is 2.15. The molecule has 0 aliphatic carbocycles. The van der Waals surface area contributed by atoms with Gasteiger partial charge in [0.05, 0.1) is 23.2 Å². The molecule has 0 spiro atoms. The number of benzene rings is 1. The third kappa shape index (κ3) is 3.79. The Bertz CT molecular complexity index is 715. The Hall–Kier alpha value is -2.41. The van der Waals surface area contributed by atoms with Gasteiger partial charge >= 0.3 is 0 Å². The summed E-state index contributed by atoms with van der Waals surface area (Å²) in [7, 11) is -3.44. The van der Waals surface area contributed by atoms with Gasteiger partial charge in [0.1, 0.15) is 0 Å². The van der Waals surface area contributed by atoms with Gasteiger partial charge in [-0.2, -0.15) is 0 Å². The molecule has 2 aromatic rings. The van der Waals surface area contributed by atoms with Crippen LogP contribution in [0.5, 0.6) is 0 Å². The lowest BCUT2D eigenvalue weighted by Crippen LogP contribution is -2.00. The maximum absolute atomic E-state index is 11.9. The van der Waals surface area contributed by atoms with Crippen LogP contribution in [-0.4, -0.2) is 13.3 Å². The molecule has 104 valence electrons.